The molecule has 0 unspecified atom stereocenters. The van der Waals surface area contributed by atoms with Crippen LogP contribution in [0.2, 0.25) is 0 Å². The lowest BCUT2D eigenvalue weighted by atomic mass is 9.99. The van der Waals surface area contributed by atoms with Gasteiger partial charge in [-0.15, -0.1) is 0 Å². The molecule has 0 aliphatic heterocycles. The van der Waals surface area contributed by atoms with E-state index in [-0.39, 0.29) is 6.61 Å². The van der Waals surface area contributed by atoms with Crippen molar-refractivity contribution in [2.45, 2.75) is 129 Å². The van der Waals surface area contributed by atoms with E-state index in [4.69, 9.17) is 19.9 Å². The van der Waals surface area contributed by atoms with Crippen molar-refractivity contribution in [3.8, 4) is 0 Å². The summed E-state index contributed by atoms with van der Waals surface area (Å²) in [5, 5.41) is 0. The molecule has 182 valence electrons. The van der Waals surface area contributed by atoms with Gasteiger partial charge in [0.1, 0.15) is 12.7 Å². The van der Waals surface area contributed by atoms with E-state index in [2.05, 4.69) is 6.92 Å². The maximum absolute atomic E-state index is 11.6. The van der Waals surface area contributed by atoms with Crippen LogP contribution in [0.15, 0.2) is 0 Å². The third kappa shape index (κ3) is 17.7. The van der Waals surface area contributed by atoms with Crippen LogP contribution in [0, 0.1) is 0 Å². The summed E-state index contributed by atoms with van der Waals surface area (Å²) in [5.41, 5.74) is 6.08. The molecular weight excluding hydrogens is 398 g/mol. The van der Waals surface area contributed by atoms with Crippen LogP contribution in [0.25, 0.3) is 0 Å². The molecule has 0 amide bonds. The van der Waals surface area contributed by atoms with Crippen molar-refractivity contribution in [3.05, 3.63) is 0 Å². The van der Waals surface area contributed by atoms with Crippen LogP contribution < -0.4 is 5.73 Å². The molecule has 0 bridgehead atoms. The normalized spacial score (nSPS) is 13.8. The molecule has 0 saturated heterocycles. The number of nitrogens with two attached hydrogens (primary N) is 1. The second-order valence-corrected chi connectivity index (χ2v) is 8.37. The fourth-order valence-corrected chi connectivity index (χ4v) is 3.63. The smallest absolute Gasteiger partial charge is 0.303 e. The second kappa shape index (κ2) is 19.1. The Morgan fingerprint density at radius 2 is 1.13 bits per heavy atom. The molecule has 0 aliphatic rings. The van der Waals surface area contributed by atoms with Gasteiger partial charge in [-0.2, -0.15) is 0 Å². The van der Waals surface area contributed by atoms with Crippen molar-refractivity contribution in [3.63, 3.8) is 0 Å². The van der Waals surface area contributed by atoms with Gasteiger partial charge in [-0.1, -0.05) is 77.6 Å². The lowest BCUT2D eigenvalue weighted by molar-refractivity contribution is -0.169. The van der Waals surface area contributed by atoms with E-state index in [1.54, 1.807) is 0 Å². The first-order chi connectivity index (χ1) is 14.8. The third-order valence-electron chi connectivity index (χ3n) is 5.23. The molecule has 31 heavy (non-hydrogen) atoms. The van der Waals surface area contributed by atoms with Gasteiger partial charge in [0.15, 0.2) is 6.10 Å². The highest BCUT2D eigenvalue weighted by Crippen LogP contribution is 2.18. The molecule has 0 fully saturated rings. The van der Waals surface area contributed by atoms with Gasteiger partial charge in [-0.3, -0.25) is 14.4 Å². The predicted molar refractivity (Wildman–Crippen MR) is 121 cm³/mol. The molecule has 7 nitrogen and oxygen atoms in total. The molecule has 0 aliphatic carbocycles. The molecule has 0 radical (unpaired) electrons. The average molecular weight is 444 g/mol. The van der Waals surface area contributed by atoms with E-state index < -0.39 is 36.2 Å². The van der Waals surface area contributed by atoms with E-state index in [0.29, 0.717) is 6.42 Å². The lowest BCUT2D eigenvalue weighted by Crippen LogP contribution is -2.50. The molecule has 0 aromatic rings. The number of carbonyl (C=O) groups excluding carboxylic acids is 3. The van der Waals surface area contributed by atoms with Crippen LogP contribution >= 0.6 is 0 Å². The van der Waals surface area contributed by atoms with Gasteiger partial charge in [0.25, 0.3) is 0 Å². The van der Waals surface area contributed by atoms with Gasteiger partial charge < -0.3 is 19.9 Å². The zero-order valence-corrected chi connectivity index (χ0v) is 20.2. The Labute approximate surface area is 188 Å². The van der Waals surface area contributed by atoms with Gasteiger partial charge in [-0.05, 0) is 12.8 Å². The van der Waals surface area contributed by atoms with Crippen molar-refractivity contribution in [1.29, 1.82) is 0 Å². The molecule has 0 saturated carbocycles. The Bertz CT molecular complexity index is 496. The Kier molecular flexibility index (Phi) is 18.1. The van der Waals surface area contributed by atoms with E-state index in [1.807, 2.05) is 0 Å². The van der Waals surface area contributed by atoms with Crippen LogP contribution in [-0.4, -0.2) is 42.8 Å². The summed E-state index contributed by atoms with van der Waals surface area (Å²) < 4.78 is 15.7. The minimum absolute atomic E-state index is 0.108. The Hall–Kier alpha value is -1.63. The van der Waals surface area contributed by atoms with Gasteiger partial charge in [-0.25, -0.2) is 0 Å². The first kappa shape index (κ1) is 29.4. The molecule has 0 spiro atoms. The fraction of sp³-hybridized carbons (Fsp3) is 0.875. The number of hydrogen-bond donors (Lipinski definition) is 1. The van der Waals surface area contributed by atoms with Crippen molar-refractivity contribution < 1.29 is 28.6 Å². The minimum atomic E-state index is -0.853. The second-order valence-electron chi connectivity index (χ2n) is 8.37. The van der Waals surface area contributed by atoms with Crippen LogP contribution in [-0.2, 0) is 28.6 Å². The number of carbonyl (C=O) groups is 3. The van der Waals surface area contributed by atoms with Gasteiger partial charge in [0.2, 0.25) is 0 Å². The van der Waals surface area contributed by atoms with E-state index in [0.717, 1.165) is 19.3 Å². The largest absolute Gasteiger partial charge is 0.464 e. The van der Waals surface area contributed by atoms with E-state index >= 15 is 0 Å². The summed E-state index contributed by atoms with van der Waals surface area (Å²) in [6, 6.07) is -0.769. The highest BCUT2D eigenvalue weighted by molar-refractivity contribution is 5.67. The van der Waals surface area contributed by atoms with E-state index in [9.17, 15) is 14.4 Å². The molecule has 0 heterocycles. The SMILES string of the molecule is CCCCCCCCCCCCCC[C@@H](OC(C)=O)[C@@H](OC(C)=O)[C@H](N)COC(C)=O. The minimum Gasteiger partial charge on any atom is -0.464 e. The monoisotopic (exact) mass is 443 g/mol. The first-order valence-electron chi connectivity index (χ1n) is 12.0. The first-order valence-corrected chi connectivity index (χ1v) is 12.0. The van der Waals surface area contributed by atoms with Gasteiger partial charge >= 0.3 is 17.9 Å². The summed E-state index contributed by atoms with van der Waals surface area (Å²) in [5.74, 6) is -1.45. The molecule has 0 rings (SSSR count). The van der Waals surface area contributed by atoms with Crippen LogP contribution in [0.3, 0.4) is 0 Å². The fourth-order valence-electron chi connectivity index (χ4n) is 3.63. The van der Waals surface area contributed by atoms with Gasteiger partial charge in [0, 0.05) is 20.8 Å². The Balaban J connectivity index is 4.32. The van der Waals surface area contributed by atoms with Crippen molar-refractivity contribution in [1.82, 2.24) is 0 Å². The molecule has 0 aromatic heterocycles. The number of hydrogen-bond acceptors (Lipinski definition) is 7. The number of unbranched alkanes of at least 4 members (excludes halogenated alkanes) is 11. The Morgan fingerprint density at radius 3 is 1.55 bits per heavy atom. The van der Waals surface area contributed by atoms with E-state index in [1.165, 1.54) is 78.6 Å². The number of esters is 3. The van der Waals surface area contributed by atoms with Gasteiger partial charge in [0.05, 0.1) is 6.04 Å². The van der Waals surface area contributed by atoms with Crippen LogP contribution in [0.5, 0.6) is 0 Å². The topological polar surface area (TPSA) is 105 Å². The Morgan fingerprint density at radius 1 is 0.677 bits per heavy atom. The molecule has 7 heteroatoms. The lowest BCUT2D eigenvalue weighted by Gasteiger charge is -2.30. The van der Waals surface area contributed by atoms with Crippen molar-refractivity contribution in [2.24, 2.45) is 5.73 Å². The molecule has 3 atom stereocenters. The maximum Gasteiger partial charge on any atom is 0.303 e. The summed E-state index contributed by atoms with van der Waals surface area (Å²) in [6.45, 7) is 6.01. The number of ether oxygens (including phenoxy) is 3. The quantitative estimate of drug-likeness (QED) is 0.173. The van der Waals surface area contributed by atoms with Crippen molar-refractivity contribution in [2.75, 3.05) is 6.61 Å². The van der Waals surface area contributed by atoms with Crippen LogP contribution in [0.1, 0.15) is 111 Å². The molecule has 0 aromatic carbocycles. The molecule has 2 N–H and O–H groups in total. The van der Waals surface area contributed by atoms with Crippen LogP contribution in [0.4, 0.5) is 0 Å². The third-order valence-corrected chi connectivity index (χ3v) is 5.23. The predicted octanol–water partition coefficient (Wildman–Crippen LogP) is 4.83. The summed E-state index contributed by atoms with van der Waals surface area (Å²) in [4.78, 5) is 34.2. The maximum atomic E-state index is 11.6. The molecular formula is C24H45NO6. The highest BCUT2D eigenvalue weighted by Gasteiger charge is 2.33. The average Bonchev–Trinajstić information content (AvgIpc) is 2.69. The van der Waals surface area contributed by atoms with Crippen molar-refractivity contribution >= 4 is 17.9 Å². The summed E-state index contributed by atoms with van der Waals surface area (Å²) >= 11 is 0. The summed E-state index contributed by atoms with van der Waals surface area (Å²) in [7, 11) is 0. The zero-order chi connectivity index (χ0) is 23.5. The standard InChI is InChI=1S/C24H45NO6/c1-5-6-7-8-9-10-11-12-13-14-15-16-17-23(30-20(3)27)24(31-21(4)28)22(25)18-29-19(2)26/h22-24H,5-18,25H2,1-4H3/t22-,23-,24+/m1/s1. The number of rotatable bonds is 19. The highest BCUT2D eigenvalue weighted by atomic mass is 16.6. The summed E-state index contributed by atoms with van der Waals surface area (Å²) in [6.07, 6.45) is 13.8. The zero-order valence-electron chi connectivity index (χ0n) is 20.2.